The molecule has 2 aromatic rings. The Bertz CT molecular complexity index is 874. The number of carbonyl (C=O) groups excluding carboxylic acids is 1. The number of benzene rings is 3. The molecule has 1 amide bonds. The number of rotatable bonds is 3. The standard InChI is InChI=1S/C13H10ClNO3.C6H4/c14-8-1-6-12(11(7-8)13(15)17)18-10-4-2-9(16)3-5-10;1-2-5-4-6(5)3-1/h1-7,16H,(H2,15,17);1-4H. The average molecular weight is 340 g/mol. The number of amides is 1. The number of halogens is 1. The SMILES string of the molecule is NC(=O)c1cc(Cl)ccc1Oc1ccc(O)cc1.c1cc2cc-2c1. The molecule has 3 N–H and O–H groups in total. The van der Waals surface area contributed by atoms with E-state index in [-0.39, 0.29) is 11.3 Å². The van der Waals surface area contributed by atoms with Crippen molar-refractivity contribution in [1.82, 2.24) is 0 Å². The number of hydrogen-bond acceptors (Lipinski definition) is 3. The van der Waals surface area contributed by atoms with Crippen LogP contribution in [0.15, 0.2) is 66.7 Å². The predicted octanol–water partition coefficient (Wildman–Crippen LogP) is 4.60. The Kier molecular flexibility index (Phi) is 4.40. The van der Waals surface area contributed by atoms with E-state index in [1.54, 1.807) is 24.3 Å². The Labute approximate surface area is 144 Å². The third-order valence-corrected chi connectivity index (χ3v) is 3.62. The van der Waals surface area contributed by atoms with Gasteiger partial charge in [0.1, 0.15) is 17.2 Å². The molecule has 2 aliphatic rings. The number of phenolic OH excluding ortho intramolecular Hbond substituents is 1. The van der Waals surface area contributed by atoms with Crippen LogP contribution in [0.4, 0.5) is 0 Å². The molecule has 0 aromatic heterocycles. The molecule has 0 saturated carbocycles. The molecule has 24 heavy (non-hydrogen) atoms. The highest BCUT2D eigenvalue weighted by atomic mass is 35.5. The van der Waals surface area contributed by atoms with Crippen LogP contribution in [-0.2, 0) is 0 Å². The van der Waals surface area contributed by atoms with E-state index in [2.05, 4.69) is 24.3 Å². The monoisotopic (exact) mass is 339 g/mol. The van der Waals surface area contributed by atoms with Gasteiger partial charge in [0.2, 0.25) is 0 Å². The summed E-state index contributed by atoms with van der Waals surface area (Å²) < 4.78 is 5.51. The Hall–Kier alpha value is -2.98. The fraction of sp³-hybridized carbons (Fsp3) is 0. The second kappa shape index (κ2) is 6.64. The molecule has 0 aliphatic heterocycles. The summed E-state index contributed by atoms with van der Waals surface area (Å²) in [4.78, 5) is 11.3. The fourth-order valence-corrected chi connectivity index (χ4v) is 2.27. The van der Waals surface area contributed by atoms with Crippen LogP contribution >= 0.6 is 11.6 Å². The van der Waals surface area contributed by atoms with Gasteiger partial charge in [-0.3, -0.25) is 4.79 Å². The summed E-state index contributed by atoms with van der Waals surface area (Å²) in [6.45, 7) is 0. The van der Waals surface area contributed by atoms with Gasteiger partial charge in [-0.2, -0.15) is 0 Å². The van der Waals surface area contributed by atoms with Gasteiger partial charge in [0.15, 0.2) is 0 Å². The van der Waals surface area contributed by atoms with Crippen molar-refractivity contribution in [1.29, 1.82) is 0 Å². The zero-order chi connectivity index (χ0) is 17.1. The molecule has 2 aliphatic carbocycles. The minimum absolute atomic E-state index is 0.133. The summed E-state index contributed by atoms with van der Waals surface area (Å²) in [6.07, 6.45) is 0. The van der Waals surface area contributed by atoms with Gasteiger partial charge in [-0.05, 0) is 59.7 Å². The van der Waals surface area contributed by atoms with Crippen molar-refractivity contribution in [3.8, 4) is 28.4 Å². The lowest BCUT2D eigenvalue weighted by atomic mass is 10.2. The number of primary amides is 1. The molecule has 0 bridgehead atoms. The van der Waals surface area contributed by atoms with Crippen LogP contribution in [-0.4, -0.2) is 11.0 Å². The van der Waals surface area contributed by atoms with Gasteiger partial charge in [-0.1, -0.05) is 29.8 Å². The molecule has 0 saturated heterocycles. The van der Waals surface area contributed by atoms with E-state index in [1.807, 2.05) is 0 Å². The van der Waals surface area contributed by atoms with Crippen molar-refractivity contribution in [3.63, 3.8) is 0 Å². The van der Waals surface area contributed by atoms with Crippen molar-refractivity contribution in [3.05, 3.63) is 77.3 Å². The average Bonchev–Trinajstić information content (AvgIpc) is 3.17. The Balaban J connectivity index is 0.000000231. The number of phenols is 1. The summed E-state index contributed by atoms with van der Waals surface area (Å²) in [7, 11) is 0. The van der Waals surface area contributed by atoms with Crippen LogP contribution in [0.3, 0.4) is 0 Å². The number of fused-ring (bicyclic) bond motifs is 1. The van der Waals surface area contributed by atoms with Crippen LogP contribution < -0.4 is 10.5 Å². The number of nitrogens with two attached hydrogens (primary N) is 1. The highest BCUT2D eigenvalue weighted by Gasteiger charge is 2.11. The van der Waals surface area contributed by atoms with Gasteiger partial charge >= 0.3 is 0 Å². The molecule has 0 spiro atoms. The van der Waals surface area contributed by atoms with Gasteiger partial charge in [-0.15, -0.1) is 0 Å². The molecule has 2 aromatic carbocycles. The zero-order valence-electron chi connectivity index (χ0n) is 12.6. The maximum atomic E-state index is 11.3. The van der Waals surface area contributed by atoms with Gasteiger partial charge in [0.05, 0.1) is 5.56 Å². The highest BCUT2D eigenvalue weighted by Crippen LogP contribution is 2.32. The molecule has 0 unspecified atom stereocenters. The summed E-state index contributed by atoms with van der Waals surface area (Å²) in [5, 5.41) is 9.56. The van der Waals surface area contributed by atoms with Crippen molar-refractivity contribution in [2.75, 3.05) is 0 Å². The van der Waals surface area contributed by atoms with Crippen LogP contribution in [0.1, 0.15) is 10.4 Å². The lowest BCUT2D eigenvalue weighted by molar-refractivity contribution is 0.0998. The quantitative estimate of drug-likeness (QED) is 0.572. The van der Waals surface area contributed by atoms with Crippen molar-refractivity contribution in [2.45, 2.75) is 0 Å². The van der Waals surface area contributed by atoms with E-state index in [9.17, 15) is 4.79 Å². The molecule has 4 nitrogen and oxygen atoms in total. The Morgan fingerprint density at radius 2 is 1.62 bits per heavy atom. The van der Waals surface area contributed by atoms with E-state index < -0.39 is 5.91 Å². The maximum absolute atomic E-state index is 11.3. The van der Waals surface area contributed by atoms with E-state index >= 15 is 0 Å². The first-order valence-corrected chi connectivity index (χ1v) is 7.57. The lowest BCUT2D eigenvalue weighted by Crippen LogP contribution is -2.12. The van der Waals surface area contributed by atoms with E-state index in [0.717, 1.165) is 0 Å². The summed E-state index contributed by atoms with van der Waals surface area (Å²) >= 11 is 5.79. The second-order valence-corrected chi connectivity index (χ2v) is 5.62. The molecule has 0 atom stereocenters. The van der Waals surface area contributed by atoms with Crippen LogP contribution in [0.5, 0.6) is 17.2 Å². The molecule has 120 valence electrons. The van der Waals surface area contributed by atoms with E-state index in [0.29, 0.717) is 16.5 Å². The minimum atomic E-state index is -0.619. The summed E-state index contributed by atoms with van der Waals surface area (Å²) in [5.74, 6) is 0.315. The van der Waals surface area contributed by atoms with E-state index in [1.165, 1.54) is 29.3 Å². The first-order chi connectivity index (χ1) is 11.5. The van der Waals surface area contributed by atoms with Crippen LogP contribution in [0.2, 0.25) is 5.02 Å². The first-order valence-electron chi connectivity index (χ1n) is 7.19. The summed E-state index contributed by atoms with van der Waals surface area (Å²) in [5.41, 5.74) is 8.30. The van der Waals surface area contributed by atoms with Crippen molar-refractivity contribution in [2.24, 2.45) is 5.73 Å². The smallest absolute Gasteiger partial charge is 0.252 e. The summed E-state index contributed by atoms with van der Waals surface area (Å²) in [6, 6.07) is 19.2. The molecule has 5 heteroatoms. The van der Waals surface area contributed by atoms with Crippen LogP contribution in [0.25, 0.3) is 11.1 Å². The molecule has 0 heterocycles. The van der Waals surface area contributed by atoms with Gasteiger partial charge < -0.3 is 15.6 Å². The van der Waals surface area contributed by atoms with Crippen molar-refractivity contribution < 1.29 is 14.6 Å². The molecule has 0 fully saturated rings. The first kappa shape index (κ1) is 15.9. The number of hydrogen-bond donors (Lipinski definition) is 2. The predicted molar refractivity (Wildman–Crippen MR) is 93.6 cm³/mol. The van der Waals surface area contributed by atoms with Gasteiger partial charge in [0.25, 0.3) is 5.91 Å². The molecule has 0 radical (unpaired) electrons. The van der Waals surface area contributed by atoms with E-state index in [4.69, 9.17) is 27.2 Å². The van der Waals surface area contributed by atoms with Crippen molar-refractivity contribution >= 4 is 17.5 Å². The zero-order valence-corrected chi connectivity index (χ0v) is 13.3. The number of carbonyl (C=O) groups is 1. The van der Waals surface area contributed by atoms with Gasteiger partial charge in [0, 0.05) is 5.02 Å². The van der Waals surface area contributed by atoms with Gasteiger partial charge in [-0.25, -0.2) is 0 Å². The molecular weight excluding hydrogens is 326 g/mol. The number of ether oxygens (including phenoxy) is 1. The van der Waals surface area contributed by atoms with Crippen LogP contribution in [0, 0.1) is 0 Å². The third-order valence-electron chi connectivity index (χ3n) is 3.38. The molecular formula is C19H14ClNO3. The topological polar surface area (TPSA) is 72.6 Å². The Morgan fingerprint density at radius 3 is 2.12 bits per heavy atom. The lowest BCUT2D eigenvalue weighted by Gasteiger charge is -2.09. The molecule has 4 rings (SSSR count). The highest BCUT2D eigenvalue weighted by molar-refractivity contribution is 6.31. The number of aromatic hydroxyl groups is 1. The second-order valence-electron chi connectivity index (χ2n) is 5.18. The normalized spacial score (nSPS) is 10.4. The largest absolute Gasteiger partial charge is 0.508 e. The fourth-order valence-electron chi connectivity index (χ4n) is 2.10. The third kappa shape index (κ3) is 3.86. The minimum Gasteiger partial charge on any atom is -0.508 e. The Morgan fingerprint density at radius 1 is 0.958 bits per heavy atom. The maximum Gasteiger partial charge on any atom is 0.252 e.